The Bertz CT molecular complexity index is 918. The Morgan fingerprint density at radius 2 is 1.29 bits per heavy atom. The second-order valence-electron chi connectivity index (χ2n) is 7.38. The Labute approximate surface area is 169 Å². The number of unbranched alkanes of at least 4 members (excludes halogenated alkanes) is 5. The first-order valence-corrected chi connectivity index (χ1v) is 10.5. The largest absolute Gasteiger partial charge is 0.192 e. The van der Waals surface area contributed by atoms with Crippen molar-refractivity contribution in [3.63, 3.8) is 0 Å². The first kappa shape index (κ1) is 19.9. The molecular formula is C27H29N. The van der Waals surface area contributed by atoms with E-state index in [-0.39, 0.29) is 0 Å². The highest BCUT2D eigenvalue weighted by Crippen LogP contribution is 2.35. The maximum Gasteiger partial charge on any atom is 0.100 e. The lowest BCUT2D eigenvalue weighted by Crippen LogP contribution is -1.96. The highest BCUT2D eigenvalue weighted by molar-refractivity contribution is 5.86. The number of nitriles is 1. The molecule has 0 aliphatic heterocycles. The van der Waals surface area contributed by atoms with Gasteiger partial charge in [0, 0.05) is 5.56 Å². The minimum atomic E-state index is 0.833. The molecular weight excluding hydrogens is 338 g/mol. The fourth-order valence-electron chi connectivity index (χ4n) is 3.85. The predicted octanol–water partition coefficient (Wildman–Crippen LogP) is 7.80. The Hall–Kier alpha value is -2.85. The van der Waals surface area contributed by atoms with Crippen molar-refractivity contribution in [2.45, 2.75) is 51.9 Å². The normalized spacial score (nSPS) is 10.6. The monoisotopic (exact) mass is 367 g/mol. The van der Waals surface area contributed by atoms with Crippen molar-refractivity contribution in [2.24, 2.45) is 0 Å². The van der Waals surface area contributed by atoms with Gasteiger partial charge in [0.2, 0.25) is 0 Å². The summed E-state index contributed by atoms with van der Waals surface area (Å²) in [6.07, 6.45) is 8.61. The van der Waals surface area contributed by atoms with E-state index in [0.717, 1.165) is 29.5 Å². The Kier molecular flexibility index (Phi) is 7.44. The molecule has 0 spiro atoms. The van der Waals surface area contributed by atoms with Crippen LogP contribution < -0.4 is 0 Å². The van der Waals surface area contributed by atoms with Gasteiger partial charge in [0.25, 0.3) is 0 Å². The summed E-state index contributed by atoms with van der Waals surface area (Å²) >= 11 is 0. The molecule has 0 radical (unpaired) electrons. The van der Waals surface area contributed by atoms with Crippen LogP contribution >= 0.6 is 0 Å². The van der Waals surface area contributed by atoms with Crippen LogP contribution in [-0.2, 0) is 6.42 Å². The van der Waals surface area contributed by atoms with E-state index in [1.807, 2.05) is 6.07 Å². The SMILES string of the molecule is CCCCCCCCc1cccc(-c2ccccc2-c2ccccc2)c1C#N. The lowest BCUT2D eigenvalue weighted by molar-refractivity contribution is 0.607. The van der Waals surface area contributed by atoms with Gasteiger partial charge in [-0.2, -0.15) is 5.26 Å². The fraction of sp³-hybridized carbons (Fsp3) is 0.296. The van der Waals surface area contributed by atoms with Crippen molar-refractivity contribution < 1.29 is 0 Å². The van der Waals surface area contributed by atoms with E-state index in [1.54, 1.807) is 0 Å². The summed E-state index contributed by atoms with van der Waals surface area (Å²) in [5.41, 5.74) is 6.55. The van der Waals surface area contributed by atoms with E-state index < -0.39 is 0 Å². The smallest absolute Gasteiger partial charge is 0.100 e. The molecule has 3 aromatic rings. The molecule has 0 unspecified atom stereocenters. The molecule has 28 heavy (non-hydrogen) atoms. The van der Waals surface area contributed by atoms with Gasteiger partial charge in [0.1, 0.15) is 6.07 Å². The molecule has 142 valence electrons. The average Bonchev–Trinajstić information content (AvgIpc) is 2.76. The van der Waals surface area contributed by atoms with Crippen molar-refractivity contribution in [3.05, 3.63) is 83.9 Å². The third kappa shape index (κ3) is 4.90. The molecule has 0 bridgehead atoms. The highest BCUT2D eigenvalue weighted by Gasteiger charge is 2.13. The molecule has 0 amide bonds. The van der Waals surface area contributed by atoms with Gasteiger partial charge in [-0.05, 0) is 35.1 Å². The number of hydrogen-bond donors (Lipinski definition) is 0. The molecule has 1 heteroatoms. The minimum absolute atomic E-state index is 0.833. The molecule has 0 saturated heterocycles. The standard InChI is InChI=1S/C27H29N/c1-2-3-4-5-6-8-16-23-17-13-20-26(27(23)21-28)25-19-12-11-18-24(25)22-14-9-7-10-15-22/h7,9-15,17-20H,2-6,8,16H2,1H3. The van der Waals surface area contributed by atoms with Crippen LogP contribution in [-0.4, -0.2) is 0 Å². The van der Waals surface area contributed by atoms with E-state index in [4.69, 9.17) is 0 Å². The number of hydrogen-bond acceptors (Lipinski definition) is 1. The van der Waals surface area contributed by atoms with Crippen molar-refractivity contribution in [3.8, 4) is 28.3 Å². The van der Waals surface area contributed by atoms with E-state index >= 15 is 0 Å². The molecule has 0 N–H and O–H groups in total. The van der Waals surface area contributed by atoms with Gasteiger partial charge in [-0.3, -0.25) is 0 Å². The summed E-state index contributed by atoms with van der Waals surface area (Å²) in [6, 6.07) is 27.6. The lowest BCUT2D eigenvalue weighted by Gasteiger charge is -2.14. The van der Waals surface area contributed by atoms with E-state index in [1.165, 1.54) is 48.8 Å². The zero-order chi connectivity index (χ0) is 19.6. The van der Waals surface area contributed by atoms with Crippen LogP contribution in [0.1, 0.15) is 56.6 Å². The van der Waals surface area contributed by atoms with Gasteiger partial charge < -0.3 is 0 Å². The van der Waals surface area contributed by atoms with Crippen molar-refractivity contribution in [1.29, 1.82) is 5.26 Å². The lowest BCUT2D eigenvalue weighted by atomic mass is 9.89. The molecule has 0 atom stereocenters. The number of rotatable bonds is 9. The summed E-state index contributed by atoms with van der Waals surface area (Å²) in [4.78, 5) is 0. The van der Waals surface area contributed by atoms with Gasteiger partial charge in [-0.15, -0.1) is 0 Å². The zero-order valence-electron chi connectivity index (χ0n) is 16.8. The van der Waals surface area contributed by atoms with Gasteiger partial charge >= 0.3 is 0 Å². The van der Waals surface area contributed by atoms with Crippen molar-refractivity contribution in [2.75, 3.05) is 0 Å². The maximum atomic E-state index is 9.94. The average molecular weight is 368 g/mol. The topological polar surface area (TPSA) is 23.8 Å². The Morgan fingerprint density at radius 1 is 0.643 bits per heavy atom. The van der Waals surface area contributed by atoms with Gasteiger partial charge in [-0.1, -0.05) is 112 Å². The second-order valence-corrected chi connectivity index (χ2v) is 7.38. The maximum absolute atomic E-state index is 9.94. The quantitative estimate of drug-likeness (QED) is 0.354. The summed E-state index contributed by atoms with van der Waals surface area (Å²) in [5, 5.41) is 9.94. The van der Waals surface area contributed by atoms with Crippen LogP contribution in [0.3, 0.4) is 0 Å². The molecule has 3 aromatic carbocycles. The predicted molar refractivity (Wildman–Crippen MR) is 119 cm³/mol. The second kappa shape index (κ2) is 10.5. The summed E-state index contributed by atoms with van der Waals surface area (Å²) < 4.78 is 0. The zero-order valence-corrected chi connectivity index (χ0v) is 16.8. The van der Waals surface area contributed by atoms with Crippen LogP contribution in [0.4, 0.5) is 0 Å². The van der Waals surface area contributed by atoms with Crippen LogP contribution in [0.25, 0.3) is 22.3 Å². The van der Waals surface area contributed by atoms with Crippen LogP contribution in [0, 0.1) is 11.3 Å². The third-order valence-electron chi connectivity index (χ3n) is 5.36. The van der Waals surface area contributed by atoms with E-state index in [9.17, 15) is 5.26 Å². The summed E-state index contributed by atoms with van der Waals surface area (Å²) in [5.74, 6) is 0. The number of aryl methyl sites for hydroxylation is 1. The van der Waals surface area contributed by atoms with E-state index in [0.29, 0.717) is 0 Å². The van der Waals surface area contributed by atoms with Crippen LogP contribution in [0.2, 0.25) is 0 Å². The van der Waals surface area contributed by atoms with Crippen LogP contribution in [0.5, 0.6) is 0 Å². The first-order chi connectivity index (χ1) is 13.8. The fourth-order valence-corrected chi connectivity index (χ4v) is 3.85. The summed E-state index contributed by atoms with van der Waals surface area (Å²) in [7, 11) is 0. The molecule has 0 aliphatic rings. The molecule has 1 nitrogen and oxygen atoms in total. The molecule has 0 aromatic heterocycles. The van der Waals surface area contributed by atoms with E-state index in [2.05, 4.69) is 79.7 Å². The minimum Gasteiger partial charge on any atom is -0.192 e. The highest BCUT2D eigenvalue weighted by atomic mass is 14.3. The van der Waals surface area contributed by atoms with Crippen molar-refractivity contribution >= 4 is 0 Å². The van der Waals surface area contributed by atoms with Crippen LogP contribution in [0.15, 0.2) is 72.8 Å². The molecule has 0 fully saturated rings. The molecule has 3 rings (SSSR count). The molecule has 0 saturated carbocycles. The number of nitrogens with zero attached hydrogens (tertiary/aromatic N) is 1. The van der Waals surface area contributed by atoms with Gasteiger partial charge in [-0.25, -0.2) is 0 Å². The molecule has 0 heterocycles. The van der Waals surface area contributed by atoms with Crippen molar-refractivity contribution in [1.82, 2.24) is 0 Å². The van der Waals surface area contributed by atoms with Gasteiger partial charge in [0.15, 0.2) is 0 Å². The Balaban J connectivity index is 1.87. The van der Waals surface area contributed by atoms with Gasteiger partial charge in [0.05, 0.1) is 5.56 Å². The third-order valence-corrected chi connectivity index (χ3v) is 5.36. The number of benzene rings is 3. The first-order valence-electron chi connectivity index (χ1n) is 10.5. The molecule has 0 aliphatic carbocycles. The Morgan fingerprint density at radius 3 is 2.04 bits per heavy atom. The summed E-state index contributed by atoms with van der Waals surface area (Å²) in [6.45, 7) is 2.25.